The van der Waals surface area contributed by atoms with E-state index in [0.717, 1.165) is 0 Å². The molecule has 35 heavy (non-hydrogen) atoms. The van der Waals surface area contributed by atoms with Crippen molar-refractivity contribution in [3.8, 4) is 0 Å². The summed E-state index contributed by atoms with van der Waals surface area (Å²) in [6.45, 7) is 11.9. The Bertz CT molecular complexity index is 763. The number of hydrogen-bond donors (Lipinski definition) is 1. The van der Waals surface area contributed by atoms with Crippen LogP contribution < -0.4 is 0 Å². The van der Waals surface area contributed by atoms with Gasteiger partial charge in [0.25, 0.3) is 0 Å². The molecular formula is C15H37O12Si8. The molecule has 1 N–H and O–H groups in total. The van der Waals surface area contributed by atoms with Crippen LogP contribution in [-0.2, 0) is 45.6 Å². The van der Waals surface area contributed by atoms with Crippen LogP contribution in [0.15, 0.2) is 0 Å². The van der Waals surface area contributed by atoms with E-state index in [1.807, 2.05) is 41.2 Å². The highest BCUT2D eigenvalue weighted by Gasteiger charge is 2.74. The average molecular weight is 634 g/mol. The molecule has 0 aliphatic carbocycles. The van der Waals surface area contributed by atoms with E-state index in [1.165, 1.54) is 0 Å². The van der Waals surface area contributed by atoms with E-state index in [1.54, 1.807) is 0 Å². The minimum absolute atomic E-state index is 0.0341. The summed E-state index contributed by atoms with van der Waals surface area (Å²) >= 11 is 0. The van der Waals surface area contributed by atoms with Gasteiger partial charge in [0.1, 0.15) is 0 Å². The number of aliphatic hydroxyl groups is 1. The van der Waals surface area contributed by atoms with Crippen LogP contribution in [0.3, 0.4) is 0 Å². The van der Waals surface area contributed by atoms with Crippen molar-refractivity contribution in [3.05, 3.63) is 0 Å². The minimum Gasteiger partial charge on any atom is -0.414 e. The van der Waals surface area contributed by atoms with Crippen molar-refractivity contribution in [2.45, 2.75) is 83.9 Å². The molecular weight excluding hydrogens is 597 g/mol. The Hall–Kier alpha value is 1.26. The van der Waals surface area contributed by atoms with Crippen molar-refractivity contribution < 1.29 is 50.7 Å². The molecule has 0 saturated carbocycles. The third-order valence-electron chi connectivity index (χ3n) is 6.20. The monoisotopic (exact) mass is 633 g/mol. The number of hydrogen-bond acceptors (Lipinski definition) is 12. The Morgan fingerprint density at radius 3 is 1.71 bits per heavy atom. The van der Waals surface area contributed by atoms with Gasteiger partial charge in [-0.15, -0.1) is 0 Å². The number of fused-ring (bicyclic) bond motifs is 4. The molecule has 0 aromatic carbocycles. The van der Waals surface area contributed by atoms with Crippen molar-refractivity contribution in [1.82, 2.24) is 0 Å². The quantitative estimate of drug-likeness (QED) is 0.394. The summed E-state index contributed by atoms with van der Waals surface area (Å²) in [5.74, 6) is 0. The van der Waals surface area contributed by atoms with Gasteiger partial charge in [0.2, 0.25) is 9.04 Å². The third-order valence-corrected chi connectivity index (χ3v) is 36.1. The number of rotatable bonds is 8. The Balaban J connectivity index is 1.97. The van der Waals surface area contributed by atoms with Crippen LogP contribution in [0.1, 0.15) is 41.0 Å². The Labute approximate surface area is 218 Å². The molecule has 6 bridgehead atoms. The smallest absolute Gasteiger partial charge is 0.414 e. The molecule has 4 fully saturated rings. The van der Waals surface area contributed by atoms with Crippen molar-refractivity contribution in [2.75, 3.05) is 12.8 Å². The van der Waals surface area contributed by atoms with E-state index in [4.69, 9.17) is 45.6 Å². The van der Waals surface area contributed by atoms with Crippen molar-refractivity contribution in [2.24, 2.45) is 0 Å². The van der Waals surface area contributed by atoms with Crippen molar-refractivity contribution >= 4 is 71.9 Å². The molecule has 0 aromatic rings. The second kappa shape index (κ2) is 11.0. The van der Waals surface area contributed by atoms with Gasteiger partial charge in [-0.1, -0.05) is 34.6 Å². The van der Waals surface area contributed by atoms with Crippen LogP contribution in [-0.4, -0.2) is 89.8 Å². The molecule has 12 nitrogen and oxygen atoms in total. The molecule has 4 saturated heterocycles. The fraction of sp³-hybridized carbons (Fsp3) is 1.00. The zero-order valence-corrected chi connectivity index (χ0v) is 29.3. The van der Waals surface area contributed by atoms with Crippen LogP contribution in [0, 0.1) is 0 Å². The molecule has 0 spiro atoms. The molecule has 4 aliphatic heterocycles. The third kappa shape index (κ3) is 5.76. The summed E-state index contributed by atoms with van der Waals surface area (Å²) in [6.07, 6.45) is 0.766. The lowest BCUT2D eigenvalue weighted by Gasteiger charge is -2.55. The van der Waals surface area contributed by atoms with Crippen LogP contribution >= 0.6 is 0 Å². The first kappa shape index (κ1) is 29.2. The average Bonchev–Trinajstić information content (AvgIpc) is 2.88. The summed E-state index contributed by atoms with van der Waals surface area (Å²) in [5.41, 5.74) is 0. The summed E-state index contributed by atoms with van der Waals surface area (Å²) in [7, 11) is -22.7. The van der Waals surface area contributed by atoms with Gasteiger partial charge in [0, 0.05) is 42.9 Å². The SMILES string of the molecule is CC[Si]12OC[Si](C)O[Si]3(CC)O[Si]4(CC)O[Si]O[Si](CCCO)(O1)O[Si](CC)(O4)O[Si](CC)(O2)O3. The molecule has 201 valence electrons. The van der Waals surface area contributed by atoms with E-state index in [9.17, 15) is 5.11 Å². The first-order valence-electron chi connectivity index (χ1n) is 12.4. The van der Waals surface area contributed by atoms with E-state index in [0.29, 0.717) is 48.9 Å². The lowest BCUT2D eigenvalue weighted by molar-refractivity contribution is 0.0256. The van der Waals surface area contributed by atoms with Gasteiger partial charge in [-0.25, -0.2) is 0 Å². The molecule has 6 unspecified atom stereocenters. The molecule has 3 radical (unpaired) electrons. The molecule has 0 aromatic heterocycles. The predicted molar refractivity (Wildman–Crippen MR) is 138 cm³/mol. The van der Waals surface area contributed by atoms with Crippen molar-refractivity contribution in [1.29, 1.82) is 0 Å². The highest BCUT2D eigenvalue weighted by Crippen LogP contribution is 2.46. The molecule has 4 aliphatic rings. The molecule has 4 heterocycles. The predicted octanol–water partition coefficient (Wildman–Crippen LogP) is 2.03. The Kier molecular flexibility index (Phi) is 9.21. The fourth-order valence-electron chi connectivity index (χ4n) is 4.27. The van der Waals surface area contributed by atoms with Gasteiger partial charge in [-0.3, -0.25) is 0 Å². The van der Waals surface area contributed by atoms with Gasteiger partial charge in [-0.05, 0) is 13.0 Å². The largest absolute Gasteiger partial charge is 0.485 e. The van der Waals surface area contributed by atoms with Crippen LogP contribution in [0.25, 0.3) is 0 Å². The first-order valence-corrected chi connectivity index (χ1v) is 26.9. The van der Waals surface area contributed by atoms with E-state index >= 15 is 0 Å². The van der Waals surface area contributed by atoms with Crippen molar-refractivity contribution in [3.63, 3.8) is 0 Å². The summed E-state index contributed by atoms with van der Waals surface area (Å²) in [5, 5.41) is 9.67. The zero-order valence-electron chi connectivity index (χ0n) is 21.3. The van der Waals surface area contributed by atoms with Gasteiger partial charge in [0.15, 0.2) is 0 Å². The van der Waals surface area contributed by atoms with Gasteiger partial charge >= 0.3 is 62.8 Å². The maximum absolute atomic E-state index is 9.67. The maximum Gasteiger partial charge on any atom is 0.485 e. The lowest BCUT2D eigenvalue weighted by atomic mass is 10.5. The maximum atomic E-state index is 9.67. The van der Waals surface area contributed by atoms with Crippen LogP contribution in [0.5, 0.6) is 0 Å². The summed E-state index contributed by atoms with van der Waals surface area (Å²) in [6, 6.07) is 2.73. The fourth-order valence-corrected chi connectivity index (χ4v) is 42.4. The minimum atomic E-state index is -3.55. The van der Waals surface area contributed by atoms with Gasteiger partial charge in [0.05, 0.1) is 6.23 Å². The highest BCUT2D eigenvalue weighted by atomic mass is 28.6. The second-order valence-electron chi connectivity index (χ2n) is 8.79. The number of aliphatic hydroxyl groups excluding tert-OH is 1. The zero-order chi connectivity index (χ0) is 25.4. The normalized spacial score (nSPS) is 46.7. The first-order chi connectivity index (χ1) is 16.6. The highest BCUT2D eigenvalue weighted by molar-refractivity contribution is 6.97. The topological polar surface area (TPSA) is 122 Å². The second-order valence-corrected chi connectivity index (χ2v) is 31.3. The lowest BCUT2D eigenvalue weighted by Crippen LogP contribution is -2.79. The van der Waals surface area contributed by atoms with E-state index < -0.39 is 71.9 Å². The van der Waals surface area contributed by atoms with Crippen LogP contribution in [0.2, 0.25) is 42.8 Å². The Morgan fingerprint density at radius 2 is 1.11 bits per heavy atom. The molecule has 0 amide bonds. The van der Waals surface area contributed by atoms with Crippen LogP contribution in [0.4, 0.5) is 0 Å². The van der Waals surface area contributed by atoms with E-state index in [-0.39, 0.29) is 6.61 Å². The summed E-state index contributed by atoms with van der Waals surface area (Å²) in [4.78, 5) is 0. The molecule has 20 heteroatoms. The van der Waals surface area contributed by atoms with Gasteiger partial charge in [-0.2, -0.15) is 0 Å². The van der Waals surface area contributed by atoms with E-state index in [2.05, 4.69) is 0 Å². The Morgan fingerprint density at radius 1 is 0.657 bits per heavy atom. The molecule has 4 rings (SSSR count). The van der Waals surface area contributed by atoms with Gasteiger partial charge < -0.3 is 50.7 Å². The molecule has 6 atom stereocenters. The standard InChI is InChI=1S/C15H37O12Si8/c1-7-30-17-15-29(6)20-32(9-3)23-31(8-2)18-28-19-35(22-30,14-12-13-16)27-34(11-5,24-31)26-33(10-4,21-30)25-32/h16H,7-15H2,1-6H3. The summed E-state index contributed by atoms with van der Waals surface area (Å²) < 4.78 is 74.2.